The second-order valence-corrected chi connectivity index (χ2v) is 8.28. The second kappa shape index (κ2) is 11.6. The number of nitrogens with one attached hydrogen (secondary N) is 1. The van der Waals surface area contributed by atoms with Crippen molar-refractivity contribution in [1.29, 1.82) is 0 Å². The first-order chi connectivity index (χ1) is 16.3. The molecule has 1 atom stereocenters. The van der Waals surface area contributed by atoms with E-state index in [1.807, 2.05) is 38.1 Å². The molecule has 9 heteroatoms. The normalized spacial score (nSPS) is 15.3. The molecule has 1 N–H and O–H groups in total. The Kier molecular flexibility index (Phi) is 8.59. The van der Waals surface area contributed by atoms with Crippen LogP contribution in [-0.2, 0) is 9.53 Å². The molecular weight excluding hydrogens is 439 g/mol. The highest BCUT2D eigenvalue weighted by Gasteiger charge is 2.35. The quantitative estimate of drug-likeness (QED) is 0.607. The van der Waals surface area contributed by atoms with Crippen LogP contribution in [0.25, 0.3) is 0 Å². The lowest BCUT2D eigenvalue weighted by Gasteiger charge is -2.27. The molecule has 0 saturated heterocycles. The Hall–Kier alpha value is -3.46. The number of ether oxygens (including phenoxy) is 2. The van der Waals surface area contributed by atoms with Crippen molar-refractivity contribution in [1.82, 2.24) is 15.2 Å². The molecule has 0 aliphatic carbocycles. The zero-order valence-corrected chi connectivity index (χ0v) is 20.0. The van der Waals surface area contributed by atoms with Gasteiger partial charge in [-0.25, -0.2) is 14.2 Å². The van der Waals surface area contributed by atoms with Crippen LogP contribution in [0.15, 0.2) is 53.6 Å². The van der Waals surface area contributed by atoms with E-state index < -0.39 is 17.8 Å². The van der Waals surface area contributed by atoms with Crippen LogP contribution >= 0.6 is 0 Å². The Morgan fingerprint density at radius 2 is 1.97 bits per heavy atom. The van der Waals surface area contributed by atoms with Gasteiger partial charge in [-0.2, -0.15) is 5.10 Å². The smallest absolute Gasteiger partial charge is 0.318 e. The summed E-state index contributed by atoms with van der Waals surface area (Å²) in [6.45, 7) is 3.96. The number of methoxy groups -OCH3 is 2. The molecule has 0 radical (unpaired) electrons. The number of urea groups is 1. The SMILES string of the molecule is COCCN(CC(=O)N1N=C(c2cccc(OC)c2)C[C@@H]1c1ccccc1F)C(=O)NC(C)C. The van der Waals surface area contributed by atoms with Crippen LogP contribution in [0.4, 0.5) is 9.18 Å². The van der Waals surface area contributed by atoms with Crippen LogP contribution in [0, 0.1) is 5.82 Å². The van der Waals surface area contributed by atoms with E-state index in [1.165, 1.54) is 23.1 Å². The zero-order valence-electron chi connectivity index (χ0n) is 20.0. The van der Waals surface area contributed by atoms with Crippen molar-refractivity contribution in [2.45, 2.75) is 32.4 Å². The summed E-state index contributed by atoms with van der Waals surface area (Å²) in [6.07, 6.45) is 0.329. The van der Waals surface area contributed by atoms with Gasteiger partial charge in [0.05, 0.1) is 25.5 Å². The Bertz CT molecular complexity index is 1040. The average Bonchev–Trinajstić information content (AvgIpc) is 3.27. The molecule has 0 saturated carbocycles. The summed E-state index contributed by atoms with van der Waals surface area (Å²) in [5.74, 6) is -0.175. The first-order valence-electron chi connectivity index (χ1n) is 11.2. The van der Waals surface area contributed by atoms with Gasteiger partial charge in [-0.3, -0.25) is 4.79 Å². The van der Waals surface area contributed by atoms with Crippen molar-refractivity contribution in [2.75, 3.05) is 33.9 Å². The number of hydrazone groups is 1. The number of carbonyl (C=O) groups excluding carboxylic acids is 2. The van der Waals surface area contributed by atoms with Gasteiger partial charge >= 0.3 is 6.03 Å². The van der Waals surface area contributed by atoms with Gasteiger partial charge in [0.25, 0.3) is 5.91 Å². The van der Waals surface area contributed by atoms with E-state index in [-0.39, 0.29) is 31.8 Å². The van der Waals surface area contributed by atoms with Gasteiger partial charge in [-0.1, -0.05) is 30.3 Å². The lowest BCUT2D eigenvalue weighted by molar-refractivity contribution is -0.133. The van der Waals surface area contributed by atoms with Crippen LogP contribution in [0.5, 0.6) is 5.75 Å². The minimum atomic E-state index is -0.632. The maximum absolute atomic E-state index is 14.7. The van der Waals surface area contributed by atoms with Gasteiger partial charge in [0.2, 0.25) is 0 Å². The van der Waals surface area contributed by atoms with E-state index in [0.29, 0.717) is 23.4 Å². The van der Waals surface area contributed by atoms with Crippen molar-refractivity contribution < 1.29 is 23.5 Å². The number of benzene rings is 2. The Morgan fingerprint density at radius 1 is 1.21 bits per heavy atom. The molecule has 0 spiro atoms. The number of rotatable bonds is 9. The number of hydrogen-bond donors (Lipinski definition) is 1. The molecule has 3 rings (SSSR count). The van der Waals surface area contributed by atoms with Crippen LogP contribution in [0.3, 0.4) is 0 Å². The van der Waals surface area contributed by atoms with Gasteiger partial charge in [0, 0.05) is 37.2 Å². The molecule has 0 aromatic heterocycles. The standard InChI is InChI=1S/C25H31FN4O4/c1-17(2)27-25(32)29(12-13-33-3)16-24(31)30-23(20-10-5-6-11-21(20)26)15-22(28-30)18-8-7-9-19(14-18)34-4/h5-11,14,17,23H,12-13,15-16H2,1-4H3,(H,27,32)/t23-/m1/s1. The number of hydrogen-bond acceptors (Lipinski definition) is 5. The molecule has 1 heterocycles. The molecule has 1 aliphatic rings. The van der Waals surface area contributed by atoms with Gasteiger partial charge in [-0.15, -0.1) is 0 Å². The minimum Gasteiger partial charge on any atom is -0.497 e. The van der Waals surface area contributed by atoms with Crippen molar-refractivity contribution in [3.05, 3.63) is 65.5 Å². The summed E-state index contributed by atoms with van der Waals surface area (Å²) in [5, 5.41) is 8.66. The summed E-state index contributed by atoms with van der Waals surface area (Å²) in [6, 6.07) is 12.6. The Morgan fingerprint density at radius 3 is 2.65 bits per heavy atom. The van der Waals surface area contributed by atoms with Gasteiger partial charge < -0.3 is 19.7 Å². The highest BCUT2D eigenvalue weighted by Crippen LogP contribution is 2.34. The number of amides is 3. The zero-order chi connectivity index (χ0) is 24.7. The molecule has 182 valence electrons. The summed E-state index contributed by atoms with van der Waals surface area (Å²) in [4.78, 5) is 27.4. The minimum absolute atomic E-state index is 0.0942. The lowest BCUT2D eigenvalue weighted by Crippen LogP contribution is -2.48. The molecule has 34 heavy (non-hydrogen) atoms. The Labute approximate surface area is 199 Å². The first-order valence-corrected chi connectivity index (χ1v) is 11.2. The number of carbonyl (C=O) groups is 2. The fraction of sp³-hybridized carbons (Fsp3) is 0.400. The topological polar surface area (TPSA) is 83.5 Å². The molecule has 1 aliphatic heterocycles. The van der Waals surface area contributed by atoms with Crippen LogP contribution in [-0.4, -0.2) is 67.5 Å². The van der Waals surface area contributed by atoms with Gasteiger partial charge in [0.1, 0.15) is 18.1 Å². The van der Waals surface area contributed by atoms with Crippen molar-refractivity contribution in [3.63, 3.8) is 0 Å². The van der Waals surface area contributed by atoms with E-state index >= 15 is 0 Å². The fourth-order valence-electron chi connectivity index (χ4n) is 3.73. The van der Waals surface area contributed by atoms with Gasteiger partial charge in [0.15, 0.2) is 0 Å². The molecule has 0 bridgehead atoms. The molecular formula is C25H31FN4O4. The molecule has 0 unspecified atom stereocenters. The summed E-state index contributed by atoms with van der Waals surface area (Å²) in [7, 11) is 3.10. The third-order valence-electron chi connectivity index (χ3n) is 5.42. The predicted octanol–water partition coefficient (Wildman–Crippen LogP) is 3.58. The molecule has 3 amide bonds. The third-order valence-corrected chi connectivity index (χ3v) is 5.42. The third kappa shape index (κ3) is 6.11. The van der Waals surface area contributed by atoms with Crippen molar-refractivity contribution in [2.24, 2.45) is 5.10 Å². The number of halogens is 1. The van der Waals surface area contributed by atoms with E-state index in [2.05, 4.69) is 10.4 Å². The fourth-order valence-corrected chi connectivity index (χ4v) is 3.73. The van der Waals surface area contributed by atoms with Crippen LogP contribution < -0.4 is 10.1 Å². The van der Waals surface area contributed by atoms with Crippen molar-refractivity contribution >= 4 is 17.6 Å². The molecule has 8 nitrogen and oxygen atoms in total. The predicted molar refractivity (Wildman–Crippen MR) is 127 cm³/mol. The molecule has 2 aromatic carbocycles. The lowest BCUT2D eigenvalue weighted by atomic mass is 9.98. The highest BCUT2D eigenvalue weighted by atomic mass is 19.1. The summed E-state index contributed by atoms with van der Waals surface area (Å²) in [5.41, 5.74) is 1.79. The van der Waals surface area contributed by atoms with E-state index in [1.54, 1.807) is 25.3 Å². The van der Waals surface area contributed by atoms with Crippen LogP contribution in [0.1, 0.15) is 37.4 Å². The average molecular weight is 471 g/mol. The largest absolute Gasteiger partial charge is 0.497 e. The summed E-state index contributed by atoms with van der Waals surface area (Å²) >= 11 is 0. The van der Waals surface area contributed by atoms with E-state index in [9.17, 15) is 14.0 Å². The first kappa shape index (κ1) is 25.2. The highest BCUT2D eigenvalue weighted by molar-refractivity contribution is 6.03. The molecule has 2 aromatic rings. The van der Waals surface area contributed by atoms with E-state index in [0.717, 1.165) is 5.56 Å². The number of nitrogens with zero attached hydrogens (tertiary/aromatic N) is 3. The second-order valence-electron chi connectivity index (χ2n) is 8.28. The van der Waals surface area contributed by atoms with Crippen LogP contribution in [0.2, 0.25) is 0 Å². The van der Waals surface area contributed by atoms with Gasteiger partial charge in [-0.05, 0) is 32.0 Å². The maximum Gasteiger partial charge on any atom is 0.318 e. The van der Waals surface area contributed by atoms with Crippen molar-refractivity contribution in [3.8, 4) is 5.75 Å². The molecule has 0 fully saturated rings. The summed E-state index contributed by atoms with van der Waals surface area (Å²) < 4.78 is 25.1. The Balaban J connectivity index is 1.92. The monoisotopic (exact) mass is 470 g/mol. The van der Waals surface area contributed by atoms with E-state index in [4.69, 9.17) is 9.47 Å². The maximum atomic E-state index is 14.7.